The number of hydrogen-bond donors (Lipinski definition) is 0. The SMILES string of the molecule is CCCC(CCC)C(=O)SCCN(CC)CC. The summed E-state index contributed by atoms with van der Waals surface area (Å²) in [4.78, 5) is 14.4. The van der Waals surface area contributed by atoms with E-state index >= 15 is 0 Å². The number of nitrogens with zero attached hydrogens (tertiary/aromatic N) is 1. The van der Waals surface area contributed by atoms with Gasteiger partial charge >= 0.3 is 0 Å². The van der Waals surface area contributed by atoms with Gasteiger partial charge in [0.1, 0.15) is 0 Å². The lowest BCUT2D eigenvalue weighted by molar-refractivity contribution is -0.114. The Balaban J connectivity index is 3.88. The van der Waals surface area contributed by atoms with Crippen LogP contribution in [-0.2, 0) is 4.79 Å². The van der Waals surface area contributed by atoms with Gasteiger partial charge in [0.25, 0.3) is 0 Å². The van der Waals surface area contributed by atoms with Gasteiger partial charge in [-0.2, -0.15) is 0 Å². The van der Waals surface area contributed by atoms with E-state index < -0.39 is 0 Å². The minimum absolute atomic E-state index is 0.298. The van der Waals surface area contributed by atoms with Crippen LogP contribution >= 0.6 is 11.8 Å². The molecule has 0 fully saturated rings. The first-order valence-electron chi connectivity index (χ1n) is 7.08. The molecule has 2 nitrogen and oxygen atoms in total. The van der Waals surface area contributed by atoms with Gasteiger partial charge in [0.2, 0.25) is 0 Å². The van der Waals surface area contributed by atoms with Gasteiger partial charge in [0.05, 0.1) is 0 Å². The molecule has 0 atom stereocenters. The average molecular weight is 259 g/mol. The molecule has 0 aliphatic heterocycles. The number of carbonyl (C=O) groups excluding carboxylic acids is 1. The molecule has 0 saturated heterocycles. The summed E-state index contributed by atoms with van der Waals surface area (Å²) in [5.41, 5.74) is 0. The van der Waals surface area contributed by atoms with Gasteiger partial charge in [-0.25, -0.2) is 0 Å². The van der Waals surface area contributed by atoms with Crippen LogP contribution in [0.15, 0.2) is 0 Å². The largest absolute Gasteiger partial charge is 0.303 e. The van der Waals surface area contributed by atoms with Crippen molar-refractivity contribution in [2.24, 2.45) is 5.92 Å². The van der Waals surface area contributed by atoms with Crippen molar-refractivity contribution >= 4 is 16.9 Å². The minimum atomic E-state index is 0.298. The Labute approximate surface area is 112 Å². The fraction of sp³-hybridized carbons (Fsp3) is 0.929. The standard InChI is InChI=1S/C14H29NOS/c1-5-9-13(10-6-2)14(16)17-12-11-15(7-3)8-4/h13H,5-12H2,1-4H3. The van der Waals surface area contributed by atoms with E-state index in [1.165, 1.54) is 0 Å². The van der Waals surface area contributed by atoms with Crippen LogP contribution in [0.2, 0.25) is 0 Å². The third-order valence-electron chi connectivity index (χ3n) is 3.15. The van der Waals surface area contributed by atoms with E-state index in [9.17, 15) is 4.79 Å². The summed E-state index contributed by atoms with van der Waals surface area (Å²) in [6.45, 7) is 11.9. The topological polar surface area (TPSA) is 20.3 Å². The van der Waals surface area contributed by atoms with Gasteiger partial charge in [-0.1, -0.05) is 52.3 Å². The van der Waals surface area contributed by atoms with Crippen LogP contribution in [-0.4, -0.2) is 35.4 Å². The molecule has 0 saturated carbocycles. The van der Waals surface area contributed by atoms with Gasteiger partial charge < -0.3 is 4.90 Å². The number of carbonyl (C=O) groups is 1. The van der Waals surface area contributed by atoms with Crippen molar-refractivity contribution in [2.45, 2.75) is 53.4 Å². The van der Waals surface area contributed by atoms with Crippen molar-refractivity contribution in [1.29, 1.82) is 0 Å². The summed E-state index contributed by atoms with van der Waals surface area (Å²) >= 11 is 1.54. The lowest BCUT2D eigenvalue weighted by atomic mass is 10.0. The third-order valence-corrected chi connectivity index (χ3v) is 4.16. The minimum Gasteiger partial charge on any atom is -0.303 e. The summed E-state index contributed by atoms with van der Waals surface area (Å²) < 4.78 is 0. The molecule has 0 spiro atoms. The van der Waals surface area contributed by atoms with Gasteiger partial charge in [-0.05, 0) is 25.9 Å². The summed E-state index contributed by atoms with van der Waals surface area (Å²) in [6, 6.07) is 0. The molecular formula is C14H29NOS. The molecule has 0 aromatic carbocycles. The van der Waals surface area contributed by atoms with Crippen molar-refractivity contribution in [3.8, 4) is 0 Å². The second-order valence-electron chi connectivity index (χ2n) is 4.47. The number of rotatable bonds is 10. The molecule has 0 amide bonds. The molecule has 0 radical (unpaired) electrons. The van der Waals surface area contributed by atoms with Crippen LogP contribution in [0.4, 0.5) is 0 Å². The van der Waals surface area contributed by atoms with E-state index in [2.05, 4.69) is 32.6 Å². The Hall–Kier alpha value is -0.0200. The second-order valence-corrected chi connectivity index (χ2v) is 5.57. The molecule has 0 N–H and O–H groups in total. The molecule has 0 unspecified atom stereocenters. The van der Waals surface area contributed by atoms with E-state index in [4.69, 9.17) is 0 Å². The Bertz CT molecular complexity index is 187. The Morgan fingerprint density at radius 1 is 1.06 bits per heavy atom. The first-order chi connectivity index (χ1) is 8.19. The molecular weight excluding hydrogens is 230 g/mol. The highest BCUT2D eigenvalue weighted by Gasteiger charge is 2.16. The van der Waals surface area contributed by atoms with Crippen molar-refractivity contribution < 1.29 is 4.79 Å². The molecule has 17 heavy (non-hydrogen) atoms. The van der Waals surface area contributed by atoms with E-state index in [0.29, 0.717) is 11.0 Å². The van der Waals surface area contributed by atoms with Crippen LogP contribution in [0, 0.1) is 5.92 Å². The normalized spacial score (nSPS) is 11.4. The van der Waals surface area contributed by atoms with Gasteiger partial charge in [0.15, 0.2) is 5.12 Å². The molecule has 0 aromatic rings. The van der Waals surface area contributed by atoms with Crippen LogP contribution in [0.25, 0.3) is 0 Å². The highest BCUT2D eigenvalue weighted by atomic mass is 32.2. The lowest BCUT2D eigenvalue weighted by Crippen LogP contribution is -2.26. The zero-order valence-electron chi connectivity index (χ0n) is 12.0. The van der Waals surface area contributed by atoms with Crippen molar-refractivity contribution in [1.82, 2.24) is 4.90 Å². The maximum Gasteiger partial charge on any atom is 0.192 e. The Morgan fingerprint density at radius 3 is 2.00 bits per heavy atom. The van der Waals surface area contributed by atoms with Crippen molar-refractivity contribution in [2.75, 3.05) is 25.4 Å². The monoisotopic (exact) mass is 259 g/mol. The molecule has 0 aromatic heterocycles. The predicted molar refractivity (Wildman–Crippen MR) is 78.6 cm³/mol. The van der Waals surface area contributed by atoms with Gasteiger partial charge in [-0.3, -0.25) is 4.79 Å². The summed E-state index contributed by atoms with van der Waals surface area (Å²) in [5, 5.41) is 0.417. The molecule has 102 valence electrons. The lowest BCUT2D eigenvalue weighted by Gasteiger charge is -2.18. The molecule has 0 rings (SSSR count). The van der Waals surface area contributed by atoms with Gasteiger partial charge in [-0.15, -0.1) is 0 Å². The summed E-state index contributed by atoms with van der Waals surface area (Å²) in [5.74, 6) is 1.25. The first-order valence-corrected chi connectivity index (χ1v) is 8.06. The Kier molecular flexibility index (Phi) is 11.1. The van der Waals surface area contributed by atoms with Crippen LogP contribution in [0.5, 0.6) is 0 Å². The zero-order chi connectivity index (χ0) is 13.1. The third kappa shape index (κ3) is 7.82. The van der Waals surface area contributed by atoms with E-state index in [1.54, 1.807) is 11.8 Å². The molecule has 0 aliphatic rings. The van der Waals surface area contributed by atoms with Crippen LogP contribution < -0.4 is 0 Å². The predicted octanol–water partition coefficient (Wildman–Crippen LogP) is 3.80. The average Bonchev–Trinajstić information content (AvgIpc) is 2.34. The Morgan fingerprint density at radius 2 is 1.59 bits per heavy atom. The van der Waals surface area contributed by atoms with E-state index in [-0.39, 0.29) is 0 Å². The quantitative estimate of drug-likeness (QED) is 0.595. The maximum absolute atomic E-state index is 12.0. The van der Waals surface area contributed by atoms with Crippen molar-refractivity contribution in [3.63, 3.8) is 0 Å². The molecule has 0 aliphatic carbocycles. The van der Waals surface area contributed by atoms with Crippen molar-refractivity contribution in [3.05, 3.63) is 0 Å². The number of thioether (sulfide) groups is 1. The number of hydrogen-bond acceptors (Lipinski definition) is 3. The zero-order valence-corrected chi connectivity index (χ0v) is 12.8. The maximum atomic E-state index is 12.0. The van der Waals surface area contributed by atoms with E-state index in [1.807, 2.05) is 0 Å². The fourth-order valence-electron chi connectivity index (χ4n) is 2.01. The summed E-state index contributed by atoms with van der Waals surface area (Å²) in [6.07, 6.45) is 4.36. The highest BCUT2D eigenvalue weighted by molar-refractivity contribution is 8.13. The molecule has 0 heterocycles. The first kappa shape index (κ1) is 17.0. The highest BCUT2D eigenvalue weighted by Crippen LogP contribution is 2.21. The van der Waals surface area contributed by atoms with Crippen LogP contribution in [0.3, 0.4) is 0 Å². The van der Waals surface area contributed by atoms with E-state index in [0.717, 1.165) is 51.1 Å². The molecule has 3 heteroatoms. The van der Waals surface area contributed by atoms with Gasteiger partial charge in [0, 0.05) is 18.2 Å². The second kappa shape index (κ2) is 11.1. The molecule has 0 bridgehead atoms. The fourth-order valence-corrected chi connectivity index (χ4v) is 3.03. The van der Waals surface area contributed by atoms with Crippen LogP contribution in [0.1, 0.15) is 53.4 Å². The summed E-state index contributed by atoms with van der Waals surface area (Å²) in [7, 11) is 0. The smallest absolute Gasteiger partial charge is 0.192 e.